The molecule has 0 aliphatic carbocycles. The highest BCUT2D eigenvalue weighted by molar-refractivity contribution is 9.10. The van der Waals surface area contributed by atoms with Crippen LogP contribution in [0.3, 0.4) is 0 Å². The Kier molecular flexibility index (Phi) is 2.16. The van der Waals surface area contributed by atoms with Crippen molar-refractivity contribution >= 4 is 27.5 Å². The van der Waals surface area contributed by atoms with E-state index in [0.717, 1.165) is 4.47 Å². The van der Waals surface area contributed by atoms with E-state index in [9.17, 15) is 4.79 Å². The maximum absolute atomic E-state index is 10.8. The zero-order valence-corrected chi connectivity index (χ0v) is 7.61. The van der Waals surface area contributed by atoms with E-state index in [1.165, 1.54) is 10.6 Å². The van der Waals surface area contributed by atoms with Crippen molar-refractivity contribution in [2.45, 2.75) is 0 Å². The second kappa shape index (κ2) is 2.76. The fourth-order valence-corrected chi connectivity index (χ4v) is 1.13. The minimum Gasteiger partial charge on any atom is -0.301 e. The molecule has 1 aromatic rings. The third-order valence-corrected chi connectivity index (χ3v) is 2.52. The normalized spacial score (nSPS) is 9.90. The number of nitrogens with zero attached hydrogens (tertiary/aromatic N) is 1. The molecule has 0 unspecified atom stereocenters. The molecule has 1 heterocycles. The molecule has 0 radical (unpaired) electrons. The molecule has 0 saturated carbocycles. The predicted molar refractivity (Wildman–Crippen MR) is 44.4 cm³/mol. The van der Waals surface area contributed by atoms with Gasteiger partial charge in [-0.3, -0.25) is 4.79 Å². The first-order valence-corrected chi connectivity index (χ1v) is 3.81. The summed E-state index contributed by atoms with van der Waals surface area (Å²) in [6.07, 6.45) is 0. The van der Waals surface area contributed by atoms with Crippen LogP contribution in [0.25, 0.3) is 0 Å². The number of pyridine rings is 1. The molecule has 0 aliphatic heterocycles. The van der Waals surface area contributed by atoms with Crippen LogP contribution < -0.4 is 5.56 Å². The number of halogens is 2. The lowest BCUT2D eigenvalue weighted by molar-refractivity contribution is 0.857. The van der Waals surface area contributed by atoms with E-state index in [2.05, 4.69) is 15.9 Å². The molecule has 0 aliphatic rings. The highest BCUT2D eigenvalue weighted by Gasteiger charge is 1.99. The van der Waals surface area contributed by atoms with Gasteiger partial charge in [0, 0.05) is 13.1 Å². The summed E-state index contributed by atoms with van der Waals surface area (Å²) in [6.45, 7) is 0. The van der Waals surface area contributed by atoms with Crippen LogP contribution >= 0.6 is 27.5 Å². The second-order valence-electron chi connectivity index (χ2n) is 1.87. The summed E-state index contributed by atoms with van der Waals surface area (Å²) < 4.78 is 2.10. The molecule has 0 amide bonds. The molecule has 54 valence electrons. The van der Waals surface area contributed by atoms with E-state index in [0.29, 0.717) is 5.15 Å². The molecule has 1 aromatic heterocycles. The van der Waals surface area contributed by atoms with Gasteiger partial charge in [0.1, 0.15) is 5.15 Å². The number of rotatable bonds is 0. The molecule has 4 heteroatoms. The monoisotopic (exact) mass is 221 g/mol. The number of hydrogen-bond donors (Lipinski definition) is 0. The van der Waals surface area contributed by atoms with Gasteiger partial charge in [-0.15, -0.1) is 0 Å². The first-order valence-electron chi connectivity index (χ1n) is 2.64. The van der Waals surface area contributed by atoms with E-state index in [-0.39, 0.29) is 5.56 Å². The van der Waals surface area contributed by atoms with E-state index >= 15 is 0 Å². The predicted octanol–water partition coefficient (Wildman–Crippen LogP) is 1.80. The van der Waals surface area contributed by atoms with Gasteiger partial charge < -0.3 is 4.57 Å². The zero-order valence-electron chi connectivity index (χ0n) is 5.27. The molecular formula is C6H5BrClNO. The Morgan fingerprint density at radius 2 is 2.20 bits per heavy atom. The van der Waals surface area contributed by atoms with E-state index in [1.54, 1.807) is 13.1 Å². The van der Waals surface area contributed by atoms with Crippen molar-refractivity contribution in [1.29, 1.82) is 0 Å². The topological polar surface area (TPSA) is 22.0 Å². The maximum atomic E-state index is 10.8. The summed E-state index contributed by atoms with van der Waals surface area (Å²) in [6, 6.07) is 3.08. The van der Waals surface area contributed by atoms with Crippen molar-refractivity contribution in [2.24, 2.45) is 7.05 Å². The quantitative estimate of drug-likeness (QED) is 0.614. The number of hydrogen-bond acceptors (Lipinski definition) is 1. The molecule has 0 N–H and O–H groups in total. The number of aromatic nitrogens is 1. The van der Waals surface area contributed by atoms with E-state index in [1.807, 2.05) is 0 Å². The lowest BCUT2D eigenvalue weighted by Gasteiger charge is -2.00. The molecule has 0 fully saturated rings. The first-order chi connectivity index (χ1) is 4.63. The van der Waals surface area contributed by atoms with Crippen LogP contribution in [0.2, 0.25) is 5.15 Å². The minimum atomic E-state index is -0.104. The average Bonchev–Trinajstić information content (AvgIpc) is 1.93. The first kappa shape index (κ1) is 7.82. The van der Waals surface area contributed by atoms with Gasteiger partial charge in [-0.05, 0) is 22.0 Å². The largest absolute Gasteiger partial charge is 0.301 e. The maximum Gasteiger partial charge on any atom is 0.251 e. The highest BCUT2D eigenvalue weighted by Crippen LogP contribution is 2.18. The van der Waals surface area contributed by atoms with Crippen LogP contribution in [-0.4, -0.2) is 4.57 Å². The molecule has 0 atom stereocenters. The Bertz CT molecular complexity index is 307. The summed E-state index contributed by atoms with van der Waals surface area (Å²) in [4.78, 5) is 10.8. The van der Waals surface area contributed by atoms with Crippen LogP contribution in [0.4, 0.5) is 0 Å². The SMILES string of the molecule is Cn1c(Cl)c(Br)ccc1=O. The third-order valence-electron chi connectivity index (χ3n) is 1.19. The van der Waals surface area contributed by atoms with E-state index in [4.69, 9.17) is 11.6 Å². The summed E-state index contributed by atoms with van der Waals surface area (Å²) in [7, 11) is 1.62. The van der Waals surface area contributed by atoms with Crippen LogP contribution in [0.1, 0.15) is 0 Å². The van der Waals surface area contributed by atoms with Gasteiger partial charge in [-0.25, -0.2) is 0 Å². The molecule has 0 saturated heterocycles. The van der Waals surface area contributed by atoms with Crippen molar-refractivity contribution in [1.82, 2.24) is 4.57 Å². The Balaban J connectivity index is 3.49. The van der Waals surface area contributed by atoms with Gasteiger partial charge in [0.15, 0.2) is 0 Å². The zero-order chi connectivity index (χ0) is 7.72. The minimum absolute atomic E-state index is 0.104. The van der Waals surface area contributed by atoms with Crippen LogP contribution in [0, 0.1) is 0 Å². The Morgan fingerprint density at radius 1 is 1.60 bits per heavy atom. The molecule has 0 bridgehead atoms. The Hall–Kier alpha value is -0.280. The highest BCUT2D eigenvalue weighted by atomic mass is 79.9. The smallest absolute Gasteiger partial charge is 0.251 e. The molecule has 0 spiro atoms. The lowest BCUT2D eigenvalue weighted by Crippen LogP contribution is -2.15. The molecule has 0 aromatic carbocycles. The van der Waals surface area contributed by atoms with Gasteiger partial charge in [-0.1, -0.05) is 11.6 Å². The molecule has 2 nitrogen and oxygen atoms in total. The fraction of sp³-hybridized carbons (Fsp3) is 0.167. The average molecular weight is 222 g/mol. The van der Waals surface area contributed by atoms with Crippen molar-refractivity contribution in [3.8, 4) is 0 Å². The summed E-state index contributed by atoms with van der Waals surface area (Å²) in [5, 5.41) is 0.424. The third kappa shape index (κ3) is 1.25. The van der Waals surface area contributed by atoms with Gasteiger partial charge in [-0.2, -0.15) is 0 Å². The van der Waals surface area contributed by atoms with E-state index < -0.39 is 0 Å². The summed E-state index contributed by atoms with van der Waals surface area (Å²) in [5.74, 6) is 0. The molecule has 1 rings (SSSR count). The van der Waals surface area contributed by atoms with Gasteiger partial charge in [0.05, 0.1) is 4.47 Å². The van der Waals surface area contributed by atoms with Crippen LogP contribution in [-0.2, 0) is 7.05 Å². The van der Waals surface area contributed by atoms with Gasteiger partial charge >= 0.3 is 0 Å². The van der Waals surface area contributed by atoms with Crippen molar-refractivity contribution < 1.29 is 0 Å². The second-order valence-corrected chi connectivity index (χ2v) is 3.08. The van der Waals surface area contributed by atoms with Crippen molar-refractivity contribution in [2.75, 3.05) is 0 Å². The Morgan fingerprint density at radius 3 is 2.70 bits per heavy atom. The molecule has 10 heavy (non-hydrogen) atoms. The standard InChI is InChI=1S/C6H5BrClNO/c1-9-5(10)3-2-4(7)6(9)8/h2-3H,1H3. The van der Waals surface area contributed by atoms with Gasteiger partial charge in [0.2, 0.25) is 0 Å². The van der Waals surface area contributed by atoms with Crippen LogP contribution in [0.5, 0.6) is 0 Å². The summed E-state index contributed by atoms with van der Waals surface area (Å²) in [5.41, 5.74) is -0.104. The molecular weight excluding hydrogens is 217 g/mol. The van der Waals surface area contributed by atoms with Crippen molar-refractivity contribution in [3.05, 3.63) is 32.1 Å². The lowest BCUT2D eigenvalue weighted by atomic mass is 10.5. The van der Waals surface area contributed by atoms with Crippen LogP contribution in [0.15, 0.2) is 21.4 Å². The Labute approximate surface area is 71.6 Å². The summed E-state index contributed by atoms with van der Waals surface area (Å²) >= 11 is 8.89. The van der Waals surface area contributed by atoms with Gasteiger partial charge in [0.25, 0.3) is 5.56 Å². The van der Waals surface area contributed by atoms with Crippen molar-refractivity contribution in [3.63, 3.8) is 0 Å². The fourth-order valence-electron chi connectivity index (χ4n) is 0.582.